The van der Waals surface area contributed by atoms with Crippen molar-refractivity contribution < 1.29 is 8.42 Å². The Kier molecular flexibility index (Phi) is 8.74. The number of rotatable bonds is 11. The predicted molar refractivity (Wildman–Crippen MR) is 160 cm³/mol. The van der Waals surface area contributed by atoms with Gasteiger partial charge >= 0.3 is 0 Å². The molecule has 0 saturated carbocycles. The highest BCUT2D eigenvalue weighted by molar-refractivity contribution is 7.89. The number of hydrogen-bond donors (Lipinski definition) is 3. The summed E-state index contributed by atoms with van der Waals surface area (Å²) in [6.07, 6.45) is 7.16. The van der Waals surface area contributed by atoms with E-state index >= 15 is 0 Å². The highest BCUT2D eigenvalue weighted by atomic mass is 35.5. The molecular weight excluding hydrogens is 548 g/mol. The Morgan fingerprint density at radius 3 is 2.58 bits per heavy atom. The number of anilines is 4. The molecule has 3 N–H and O–H groups in total. The minimum Gasteiger partial charge on any atom is -0.324 e. The van der Waals surface area contributed by atoms with Crippen LogP contribution in [0.4, 0.5) is 23.3 Å². The zero-order valence-electron chi connectivity index (χ0n) is 23.1. The average molecular weight is 585 g/mol. The molecule has 3 aromatic rings. The Morgan fingerprint density at radius 2 is 1.93 bits per heavy atom. The van der Waals surface area contributed by atoms with Crippen molar-refractivity contribution in [2.24, 2.45) is 0 Å². The maximum Gasteiger partial charge on any atom is 0.229 e. The minimum atomic E-state index is -3.11. The van der Waals surface area contributed by atoms with E-state index in [9.17, 15) is 8.42 Å². The van der Waals surface area contributed by atoms with Gasteiger partial charge in [-0.05, 0) is 81.3 Å². The van der Waals surface area contributed by atoms with Gasteiger partial charge in [0, 0.05) is 37.1 Å². The van der Waals surface area contributed by atoms with Crippen LogP contribution in [0.2, 0.25) is 5.02 Å². The zero-order chi connectivity index (χ0) is 28.3. The molecule has 12 heteroatoms. The first kappa shape index (κ1) is 28.5. The second kappa shape index (κ2) is 12.3. The molecular formula is C28H37ClN8O2S. The lowest BCUT2D eigenvalue weighted by molar-refractivity contribution is 0.220. The fourth-order valence-electron chi connectivity index (χ4n) is 5.30. The molecule has 2 aliphatic rings. The van der Waals surface area contributed by atoms with Crippen molar-refractivity contribution in [3.63, 3.8) is 0 Å². The van der Waals surface area contributed by atoms with Gasteiger partial charge in [0.15, 0.2) is 11.6 Å². The van der Waals surface area contributed by atoms with Gasteiger partial charge < -0.3 is 15.5 Å². The number of nitrogens with one attached hydrogen (secondary N) is 3. The molecule has 0 atom stereocenters. The molecule has 5 rings (SSSR count). The quantitative estimate of drug-likeness (QED) is 0.272. The summed E-state index contributed by atoms with van der Waals surface area (Å²) in [4.78, 5) is 11.3. The first-order chi connectivity index (χ1) is 19.2. The summed E-state index contributed by atoms with van der Waals surface area (Å²) < 4.78 is 26.5. The smallest absolute Gasteiger partial charge is 0.229 e. The molecule has 0 unspecified atom stereocenters. The van der Waals surface area contributed by atoms with Crippen molar-refractivity contribution in [1.82, 2.24) is 29.4 Å². The standard InChI is InChI=1S/C28H37ClN8O2S/c1-4-6-22-17-23(21-7-11-36(12-8-21)13-14-40(38,39)37-9-5-10-37)19(2)15-25(22)31-28-30-18-24(29)27(33-28)32-26-16-20(3)34-35-26/h4,15-18,21H,1,5-14H2,2-3H3,(H3,30,31,32,33,34,35). The molecule has 2 aromatic heterocycles. The van der Waals surface area contributed by atoms with Crippen LogP contribution in [0.15, 0.2) is 37.1 Å². The van der Waals surface area contributed by atoms with Gasteiger partial charge in [-0.2, -0.15) is 10.1 Å². The second-order valence-electron chi connectivity index (χ2n) is 10.6. The fourth-order valence-corrected chi connectivity index (χ4v) is 7.00. The van der Waals surface area contributed by atoms with Crippen molar-refractivity contribution in [3.8, 4) is 0 Å². The molecule has 0 radical (unpaired) electrons. The molecule has 2 saturated heterocycles. The number of allylic oxidation sites excluding steroid dienone is 1. The molecule has 0 spiro atoms. The third-order valence-corrected chi connectivity index (χ3v) is 9.83. The first-order valence-electron chi connectivity index (χ1n) is 13.7. The van der Waals surface area contributed by atoms with E-state index in [4.69, 9.17) is 11.6 Å². The van der Waals surface area contributed by atoms with Crippen LogP contribution >= 0.6 is 11.6 Å². The van der Waals surface area contributed by atoms with E-state index < -0.39 is 10.0 Å². The summed E-state index contributed by atoms with van der Waals surface area (Å²) in [5.74, 6) is 2.17. The van der Waals surface area contributed by atoms with Crippen LogP contribution in [-0.4, -0.2) is 76.3 Å². The Bertz CT molecular complexity index is 1460. The number of piperidine rings is 1. The third kappa shape index (κ3) is 6.65. The van der Waals surface area contributed by atoms with Gasteiger partial charge in [0.05, 0.1) is 11.9 Å². The normalized spacial score (nSPS) is 17.0. The third-order valence-electron chi connectivity index (χ3n) is 7.70. The topological polar surface area (TPSA) is 119 Å². The summed E-state index contributed by atoms with van der Waals surface area (Å²) in [6, 6.07) is 6.30. The molecule has 2 fully saturated rings. The zero-order valence-corrected chi connectivity index (χ0v) is 24.7. The van der Waals surface area contributed by atoms with Crippen molar-refractivity contribution >= 4 is 44.9 Å². The monoisotopic (exact) mass is 584 g/mol. The predicted octanol–water partition coefficient (Wildman–Crippen LogP) is 4.90. The number of likely N-dealkylation sites (tertiary alicyclic amines) is 1. The number of hydrogen-bond acceptors (Lipinski definition) is 8. The number of aromatic nitrogens is 4. The maximum absolute atomic E-state index is 12.4. The molecule has 0 bridgehead atoms. The van der Waals surface area contributed by atoms with Crippen molar-refractivity contribution in [2.75, 3.05) is 49.1 Å². The number of aryl methyl sites for hydroxylation is 2. The Labute approximate surface area is 241 Å². The van der Waals surface area contributed by atoms with Crippen molar-refractivity contribution in [2.45, 2.75) is 45.4 Å². The molecule has 1 aromatic carbocycles. The number of H-pyrrole nitrogens is 1. The molecule has 4 heterocycles. The molecule has 0 amide bonds. The van der Waals surface area contributed by atoms with Gasteiger partial charge in [0.2, 0.25) is 16.0 Å². The lowest BCUT2D eigenvalue weighted by Gasteiger charge is -2.34. The summed E-state index contributed by atoms with van der Waals surface area (Å²) in [6.45, 7) is 11.8. The van der Waals surface area contributed by atoms with Crippen LogP contribution in [0.25, 0.3) is 0 Å². The summed E-state index contributed by atoms with van der Waals surface area (Å²) in [7, 11) is -3.11. The first-order valence-corrected chi connectivity index (χ1v) is 15.7. The lowest BCUT2D eigenvalue weighted by Crippen LogP contribution is -2.46. The van der Waals surface area contributed by atoms with E-state index in [0.717, 1.165) is 49.3 Å². The van der Waals surface area contributed by atoms with Crippen LogP contribution < -0.4 is 10.6 Å². The van der Waals surface area contributed by atoms with Crippen LogP contribution in [0.5, 0.6) is 0 Å². The van der Waals surface area contributed by atoms with Gasteiger partial charge in [-0.15, -0.1) is 6.58 Å². The maximum atomic E-state index is 12.4. The number of sulfonamides is 1. The van der Waals surface area contributed by atoms with Gasteiger partial charge in [-0.3, -0.25) is 5.10 Å². The van der Waals surface area contributed by atoms with E-state index in [1.54, 1.807) is 10.5 Å². The molecule has 40 heavy (non-hydrogen) atoms. The Morgan fingerprint density at radius 1 is 1.15 bits per heavy atom. The summed E-state index contributed by atoms with van der Waals surface area (Å²) in [5, 5.41) is 14.0. The van der Waals surface area contributed by atoms with Crippen LogP contribution in [-0.2, 0) is 16.4 Å². The Balaban J connectivity index is 1.26. The van der Waals surface area contributed by atoms with Crippen LogP contribution in [0.3, 0.4) is 0 Å². The lowest BCUT2D eigenvalue weighted by atomic mass is 9.85. The van der Waals surface area contributed by atoms with Crippen LogP contribution in [0, 0.1) is 13.8 Å². The molecule has 10 nitrogen and oxygen atoms in total. The average Bonchev–Trinajstić information content (AvgIpc) is 3.30. The van der Waals surface area contributed by atoms with Gasteiger partial charge in [-0.1, -0.05) is 23.7 Å². The molecule has 214 valence electrons. The highest BCUT2D eigenvalue weighted by Crippen LogP contribution is 2.35. The summed E-state index contributed by atoms with van der Waals surface area (Å²) >= 11 is 6.34. The van der Waals surface area contributed by atoms with Crippen molar-refractivity contribution in [3.05, 3.63) is 64.5 Å². The van der Waals surface area contributed by atoms with E-state index in [2.05, 4.69) is 61.3 Å². The number of aromatic amines is 1. The van der Waals surface area contributed by atoms with Crippen molar-refractivity contribution in [1.29, 1.82) is 0 Å². The van der Waals surface area contributed by atoms with Crippen LogP contribution in [0.1, 0.15) is 47.6 Å². The number of benzene rings is 1. The van der Waals surface area contributed by atoms with E-state index in [1.807, 2.05) is 19.1 Å². The SMILES string of the molecule is C=CCc1cc(C2CCN(CCS(=O)(=O)N3CCC3)CC2)c(C)cc1Nc1ncc(Cl)c(Nc2cc(C)[nH]n2)n1. The molecule has 0 aliphatic carbocycles. The van der Waals surface area contributed by atoms with E-state index in [-0.39, 0.29) is 5.75 Å². The molecule has 2 aliphatic heterocycles. The Hall–Kier alpha value is -2.99. The van der Waals surface area contributed by atoms with Gasteiger partial charge in [-0.25, -0.2) is 17.7 Å². The highest BCUT2D eigenvalue weighted by Gasteiger charge is 2.29. The van der Waals surface area contributed by atoms with E-state index in [1.165, 1.54) is 11.1 Å². The minimum absolute atomic E-state index is 0.214. The van der Waals surface area contributed by atoms with E-state index in [0.29, 0.717) is 54.6 Å². The number of nitrogens with zero attached hydrogens (tertiary/aromatic N) is 5. The fraction of sp³-hybridized carbons (Fsp3) is 0.464. The summed E-state index contributed by atoms with van der Waals surface area (Å²) in [5.41, 5.74) is 5.52. The van der Waals surface area contributed by atoms with Gasteiger partial charge in [0.1, 0.15) is 5.02 Å². The van der Waals surface area contributed by atoms with Gasteiger partial charge in [0.25, 0.3) is 0 Å². The number of halogens is 1. The second-order valence-corrected chi connectivity index (χ2v) is 13.1. The largest absolute Gasteiger partial charge is 0.324 e.